The van der Waals surface area contributed by atoms with Gasteiger partial charge in [0, 0.05) is 6.04 Å². The molecule has 1 aliphatic rings. The average molecular weight is 99.2 g/mol. The van der Waals surface area contributed by atoms with Gasteiger partial charge in [-0.1, -0.05) is 13.8 Å². The summed E-state index contributed by atoms with van der Waals surface area (Å²) in [5, 5.41) is 0. The Morgan fingerprint density at radius 2 is 2.00 bits per heavy atom. The molecule has 7 heavy (non-hydrogen) atoms. The molecule has 2 unspecified atom stereocenters. The van der Waals surface area contributed by atoms with Crippen LogP contribution in [-0.2, 0) is 0 Å². The van der Waals surface area contributed by atoms with Crippen molar-refractivity contribution < 1.29 is 0 Å². The van der Waals surface area contributed by atoms with Crippen LogP contribution in [0.5, 0.6) is 0 Å². The Kier molecular flexibility index (Phi) is 1.08. The molecule has 2 atom stereocenters. The van der Waals surface area contributed by atoms with Gasteiger partial charge in [-0.05, 0) is 18.3 Å². The Labute approximate surface area is 44.9 Å². The minimum absolute atomic E-state index is 0.542. The Bertz CT molecular complexity index is 68.6. The number of nitrogens with two attached hydrogens (primary N) is 1. The molecular formula is C6H13N. The van der Waals surface area contributed by atoms with Crippen molar-refractivity contribution in [3.63, 3.8) is 0 Å². The molecule has 0 radical (unpaired) electrons. The van der Waals surface area contributed by atoms with E-state index in [0.29, 0.717) is 6.04 Å². The molecular weight excluding hydrogens is 86.1 g/mol. The first kappa shape index (κ1) is 5.10. The molecule has 1 saturated carbocycles. The van der Waals surface area contributed by atoms with Crippen LogP contribution in [0.25, 0.3) is 0 Å². The summed E-state index contributed by atoms with van der Waals surface area (Å²) in [6.45, 7) is 4.47. The highest BCUT2D eigenvalue weighted by molar-refractivity contribution is 4.91. The molecule has 0 amide bonds. The summed E-state index contributed by atoms with van der Waals surface area (Å²) >= 11 is 0. The zero-order chi connectivity index (χ0) is 5.44. The second-order valence-corrected chi connectivity index (χ2v) is 2.81. The van der Waals surface area contributed by atoms with Crippen LogP contribution in [0.2, 0.25) is 0 Å². The molecule has 0 spiro atoms. The zero-order valence-corrected chi connectivity index (χ0v) is 5.02. The van der Waals surface area contributed by atoms with Gasteiger partial charge in [0.2, 0.25) is 0 Å². The van der Waals surface area contributed by atoms with E-state index in [2.05, 4.69) is 13.8 Å². The molecule has 1 nitrogen and oxygen atoms in total. The molecule has 2 N–H and O–H groups in total. The van der Waals surface area contributed by atoms with E-state index in [1.54, 1.807) is 0 Å². The van der Waals surface area contributed by atoms with Crippen molar-refractivity contribution in [2.75, 3.05) is 0 Å². The zero-order valence-electron chi connectivity index (χ0n) is 5.02. The fourth-order valence-corrected chi connectivity index (χ4v) is 1.00. The van der Waals surface area contributed by atoms with Crippen LogP contribution >= 0.6 is 0 Å². The van der Waals surface area contributed by atoms with Gasteiger partial charge >= 0.3 is 0 Å². The maximum Gasteiger partial charge on any atom is 0.00735 e. The third-order valence-corrected chi connectivity index (χ3v) is 1.75. The Balaban J connectivity index is 2.20. The van der Waals surface area contributed by atoms with Gasteiger partial charge in [0.05, 0.1) is 0 Å². The second-order valence-electron chi connectivity index (χ2n) is 2.81. The van der Waals surface area contributed by atoms with Crippen molar-refractivity contribution in [1.82, 2.24) is 0 Å². The number of hydrogen-bond acceptors (Lipinski definition) is 1. The van der Waals surface area contributed by atoms with Crippen molar-refractivity contribution in [1.29, 1.82) is 0 Å². The first-order valence-corrected chi connectivity index (χ1v) is 2.97. The lowest BCUT2D eigenvalue weighted by molar-refractivity contribution is 0.547. The van der Waals surface area contributed by atoms with Gasteiger partial charge in [-0.25, -0.2) is 0 Å². The third kappa shape index (κ3) is 0.942. The lowest BCUT2D eigenvalue weighted by Gasteiger charge is -1.96. The normalized spacial score (nSPS) is 39.4. The first-order valence-electron chi connectivity index (χ1n) is 2.97. The summed E-state index contributed by atoms with van der Waals surface area (Å²) < 4.78 is 0. The lowest BCUT2D eigenvalue weighted by atomic mass is 10.1. The van der Waals surface area contributed by atoms with Gasteiger partial charge in [0.25, 0.3) is 0 Å². The number of rotatable bonds is 1. The van der Waals surface area contributed by atoms with Gasteiger partial charge in [-0.15, -0.1) is 0 Å². The smallest absolute Gasteiger partial charge is 0.00735 e. The van der Waals surface area contributed by atoms with Gasteiger partial charge in [0.15, 0.2) is 0 Å². The van der Waals surface area contributed by atoms with Crippen molar-refractivity contribution in [3.8, 4) is 0 Å². The van der Waals surface area contributed by atoms with Crippen LogP contribution < -0.4 is 5.73 Å². The summed E-state index contributed by atoms with van der Waals surface area (Å²) in [5.41, 5.74) is 5.57. The summed E-state index contributed by atoms with van der Waals surface area (Å²) in [5.74, 6) is 1.66. The molecule has 1 rings (SSSR count). The first-order chi connectivity index (χ1) is 3.22. The largest absolute Gasteiger partial charge is 0.327 e. The van der Waals surface area contributed by atoms with E-state index in [4.69, 9.17) is 5.73 Å². The standard InChI is InChI=1S/C6H13N/c1-4(2)5-3-6(5)7/h4-6H,3,7H2,1-2H3. The monoisotopic (exact) mass is 99.1 g/mol. The molecule has 1 aliphatic carbocycles. The third-order valence-electron chi connectivity index (χ3n) is 1.75. The predicted molar refractivity (Wildman–Crippen MR) is 30.9 cm³/mol. The van der Waals surface area contributed by atoms with Gasteiger partial charge in [0.1, 0.15) is 0 Å². The van der Waals surface area contributed by atoms with Crippen molar-refractivity contribution in [2.45, 2.75) is 26.3 Å². The van der Waals surface area contributed by atoms with Crippen molar-refractivity contribution in [2.24, 2.45) is 17.6 Å². The van der Waals surface area contributed by atoms with Gasteiger partial charge < -0.3 is 5.73 Å². The molecule has 0 saturated heterocycles. The highest BCUT2D eigenvalue weighted by Gasteiger charge is 2.35. The van der Waals surface area contributed by atoms with E-state index in [1.165, 1.54) is 6.42 Å². The Morgan fingerprint density at radius 1 is 1.57 bits per heavy atom. The topological polar surface area (TPSA) is 26.0 Å². The fourth-order valence-electron chi connectivity index (χ4n) is 1.00. The minimum atomic E-state index is 0.542. The molecule has 0 aliphatic heterocycles. The molecule has 0 heterocycles. The van der Waals surface area contributed by atoms with Crippen LogP contribution in [-0.4, -0.2) is 6.04 Å². The van der Waals surface area contributed by atoms with Crippen LogP contribution in [0, 0.1) is 11.8 Å². The van der Waals surface area contributed by atoms with E-state index in [1.807, 2.05) is 0 Å². The quantitative estimate of drug-likeness (QED) is 0.521. The second kappa shape index (κ2) is 1.48. The Morgan fingerprint density at radius 3 is 2.00 bits per heavy atom. The van der Waals surface area contributed by atoms with Gasteiger partial charge in [-0.3, -0.25) is 0 Å². The van der Waals surface area contributed by atoms with Crippen molar-refractivity contribution in [3.05, 3.63) is 0 Å². The van der Waals surface area contributed by atoms with Crippen LogP contribution in [0.3, 0.4) is 0 Å². The van der Waals surface area contributed by atoms with Crippen LogP contribution in [0.4, 0.5) is 0 Å². The van der Waals surface area contributed by atoms with E-state index in [-0.39, 0.29) is 0 Å². The van der Waals surface area contributed by atoms with Crippen LogP contribution in [0.15, 0.2) is 0 Å². The molecule has 0 aromatic heterocycles. The molecule has 0 aromatic rings. The summed E-state index contributed by atoms with van der Waals surface area (Å²) in [6, 6.07) is 0.542. The number of hydrogen-bond donors (Lipinski definition) is 1. The predicted octanol–water partition coefficient (Wildman–Crippen LogP) is 0.990. The SMILES string of the molecule is CC(C)C1CC1N. The van der Waals surface area contributed by atoms with E-state index in [9.17, 15) is 0 Å². The van der Waals surface area contributed by atoms with E-state index >= 15 is 0 Å². The maximum absolute atomic E-state index is 5.57. The molecule has 1 heteroatoms. The summed E-state index contributed by atoms with van der Waals surface area (Å²) in [7, 11) is 0. The van der Waals surface area contributed by atoms with E-state index < -0.39 is 0 Å². The summed E-state index contributed by atoms with van der Waals surface area (Å²) in [6.07, 6.45) is 1.26. The lowest BCUT2D eigenvalue weighted by Crippen LogP contribution is -2.05. The van der Waals surface area contributed by atoms with Gasteiger partial charge in [-0.2, -0.15) is 0 Å². The molecule has 0 bridgehead atoms. The molecule has 42 valence electrons. The average Bonchev–Trinajstić information content (AvgIpc) is 2.17. The highest BCUT2D eigenvalue weighted by Crippen LogP contribution is 2.34. The summed E-state index contributed by atoms with van der Waals surface area (Å²) in [4.78, 5) is 0. The Hall–Kier alpha value is -0.0400. The molecule has 1 fully saturated rings. The fraction of sp³-hybridized carbons (Fsp3) is 1.00. The molecule has 0 aromatic carbocycles. The van der Waals surface area contributed by atoms with E-state index in [0.717, 1.165) is 11.8 Å². The van der Waals surface area contributed by atoms with Crippen LogP contribution in [0.1, 0.15) is 20.3 Å². The van der Waals surface area contributed by atoms with Crippen molar-refractivity contribution >= 4 is 0 Å². The maximum atomic E-state index is 5.57. The highest BCUT2D eigenvalue weighted by atomic mass is 14.7. The minimum Gasteiger partial charge on any atom is -0.327 e.